The van der Waals surface area contributed by atoms with Crippen LogP contribution in [0.3, 0.4) is 0 Å². The van der Waals surface area contributed by atoms with Crippen LogP contribution in [-0.2, 0) is 0 Å². The highest BCUT2D eigenvalue weighted by molar-refractivity contribution is 6.20. The third-order valence-electron chi connectivity index (χ3n) is 5.87. The molecule has 0 spiro atoms. The van der Waals surface area contributed by atoms with Gasteiger partial charge in [0.05, 0.1) is 44.3 Å². The van der Waals surface area contributed by atoms with Crippen LogP contribution in [0.2, 0.25) is 0 Å². The molecule has 0 N–H and O–H groups in total. The lowest BCUT2D eigenvalue weighted by Crippen LogP contribution is -2.02. The summed E-state index contributed by atoms with van der Waals surface area (Å²) in [5.41, 5.74) is 2.24. The molecule has 3 aromatic heterocycles. The maximum Gasteiger partial charge on any atom is 0.177 e. The summed E-state index contributed by atoms with van der Waals surface area (Å²) >= 11 is 0. The Morgan fingerprint density at radius 3 is 0.789 bits per heavy atom. The van der Waals surface area contributed by atoms with Crippen LogP contribution in [0.25, 0.3) is 55.2 Å². The minimum absolute atomic E-state index is 0.109. The number of nitrogens with zero attached hydrogens (tertiary/aromatic N) is 12. The minimum Gasteiger partial charge on any atom is -0.242 e. The van der Waals surface area contributed by atoms with Crippen LogP contribution < -0.4 is 0 Å². The second-order valence-electron chi connectivity index (χ2n) is 7.90. The van der Waals surface area contributed by atoms with Crippen molar-refractivity contribution in [2.24, 2.45) is 0 Å². The average Bonchev–Trinajstić information content (AvgIpc) is 2.97. The molecule has 0 saturated heterocycles. The van der Waals surface area contributed by atoms with Gasteiger partial charge in [-0.2, -0.15) is 31.6 Å². The van der Waals surface area contributed by atoms with E-state index in [2.05, 4.69) is 29.9 Å². The van der Waals surface area contributed by atoms with Gasteiger partial charge in [-0.05, 0) is 24.3 Å². The summed E-state index contributed by atoms with van der Waals surface area (Å²) in [5, 5.41) is 56.9. The summed E-state index contributed by atoms with van der Waals surface area (Å²) in [4.78, 5) is 27.3. The molecule has 0 atom stereocenters. The van der Waals surface area contributed by atoms with Gasteiger partial charge in [-0.1, -0.05) is 0 Å². The number of benzene rings is 3. The lowest BCUT2D eigenvalue weighted by atomic mass is 10.1. The number of aromatic nitrogens is 6. The predicted molar refractivity (Wildman–Crippen MR) is 129 cm³/mol. The molecule has 0 aliphatic heterocycles. The molecule has 6 rings (SSSR count). The fourth-order valence-corrected chi connectivity index (χ4v) is 4.16. The fourth-order valence-electron chi connectivity index (χ4n) is 4.16. The highest BCUT2D eigenvalue weighted by Crippen LogP contribution is 2.33. The standard InChI is InChI=1S/C26H4N12/c27-5-11-1-15-17(3-13(11)7-29)35-23-21(33-15)22-24(26-25(23)37-19(9-31)20(10-32)38-26)36-18-4-14(8-30)12(6-28)2-16(18)34-22/h1-4H. The lowest BCUT2D eigenvalue weighted by molar-refractivity contribution is 1.20. The van der Waals surface area contributed by atoms with Gasteiger partial charge in [0.2, 0.25) is 0 Å². The van der Waals surface area contributed by atoms with E-state index in [1.807, 2.05) is 36.4 Å². The van der Waals surface area contributed by atoms with Gasteiger partial charge < -0.3 is 0 Å². The Labute approximate surface area is 211 Å². The monoisotopic (exact) mass is 484 g/mol. The molecule has 0 saturated carbocycles. The molecule has 0 fully saturated rings. The van der Waals surface area contributed by atoms with Gasteiger partial charge in [-0.25, -0.2) is 29.9 Å². The van der Waals surface area contributed by atoms with Gasteiger partial charge in [0.25, 0.3) is 0 Å². The molecular formula is C26H4N12. The van der Waals surface area contributed by atoms with Crippen LogP contribution in [0.4, 0.5) is 0 Å². The van der Waals surface area contributed by atoms with Crippen molar-refractivity contribution >= 4 is 55.2 Å². The van der Waals surface area contributed by atoms with E-state index >= 15 is 0 Å². The van der Waals surface area contributed by atoms with E-state index in [0.29, 0.717) is 11.0 Å². The normalized spacial score (nSPS) is 10.5. The Hall–Kier alpha value is -6.86. The van der Waals surface area contributed by atoms with Crippen molar-refractivity contribution in [1.29, 1.82) is 31.6 Å². The first kappa shape index (κ1) is 21.7. The van der Waals surface area contributed by atoms with Crippen molar-refractivity contribution in [2.45, 2.75) is 0 Å². The van der Waals surface area contributed by atoms with E-state index in [1.165, 1.54) is 24.3 Å². The fraction of sp³-hybridized carbons (Fsp3) is 0. The minimum atomic E-state index is -0.223. The number of fused-ring (bicyclic) bond motifs is 8. The van der Waals surface area contributed by atoms with Gasteiger partial charge in [-0.3, -0.25) is 0 Å². The van der Waals surface area contributed by atoms with Crippen LogP contribution in [0.1, 0.15) is 33.6 Å². The molecule has 38 heavy (non-hydrogen) atoms. The molecule has 0 aliphatic carbocycles. The predicted octanol–water partition coefficient (Wildman–Crippen LogP) is 3.05. The van der Waals surface area contributed by atoms with E-state index in [-0.39, 0.29) is 77.8 Å². The van der Waals surface area contributed by atoms with Gasteiger partial charge in [0.1, 0.15) is 69.5 Å². The smallest absolute Gasteiger partial charge is 0.177 e. The van der Waals surface area contributed by atoms with Crippen LogP contribution in [-0.4, -0.2) is 29.9 Å². The molecule has 12 heteroatoms. The summed E-state index contributed by atoms with van der Waals surface area (Å²) in [5.74, 6) is 0. The molecule has 0 unspecified atom stereocenters. The maximum absolute atomic E-state index is 9.55. The van der Waals surface area contributed by atoms with Crippen molar-refractivity contribution in [2.75, 3.05) is 0 Å². The van der Waals surface area contributed by atoms with Crippen molar-refractivity contribution in [1.82, 2.24) is 29.9 Å². The lowest BCUT2D eigenvalue weighted by Gasteiger charge is -2.10. The molecule has 12 nitrogen and oxygen atoms in total. The Balaban J connectivity index is 1.90. The van der Waals surface area contributed by atoms with Crippen LogP contribution in [0, 0.1) is 68.0 Å². The largest absolute Gasteiger partial charge is 0.242 e. The van der Waals surface area contributed by atoms with Crippen molar-refractivity contribution in [3.63, 3.8) is 0 Å². The van der Waals surface area contributed by atoms with Gasteiger partial charge in [-0.15, -0.1) is 0 Å². The van der Waals surface area contributed by atoms with Crippen molar-refractivity contribution in [3.8, 4) is 36.4 Å². The number of rotatable bonds is 0. The SMILES string of the molecule is N#Cc1cc2nc3c4nc(C#N)c(C#N)nc4c4nc5cc(C#N)c(C#N)cc5nc4c3nc2cc1C#N. The highest BCUT2D eigenvalue weighted by Gasteiger charge is 2.21. The summed E-state index contributed by atoms with van der Waals surface area (Å²) in [6, 6.07) is 17.3. The number of hydrogen-bond acceptors (Lipinski definition) is 12. The Bertz CT molecular complexity index is 2200. The second-order valence-corrected chi connectivity index (χ2v) is 7.90. The molecule has 3 aromatic carbocycles. The summed E-state index contributed by atoms with van der Waals surface area (Å²) in [6.07, 6.45) is 0. The average molecular weight is 484 g/mol. The van der Waals surface area contributed by atoms with Crippen LogP contribution >= 0.6 is 0 Å². The van der Waals surface area contributed by atoms with Gasteiger partial charge >= 0.3 is 0 Å². The first-order valence-corrected chi connectivity index (χ1v) is 10.6. The maximum atomic E-state index is 9.55. The zero-order chi connectivity index (χ0) is 26.6. The van der Waals surface area contributed by atoms with Crippen LogP contribution in [0.15, 0.2) is 24.3 Å². The van der Waals surface area contributed by atoms with E-state index in [9.17, 15) is 31.6 Å². The molecule has 0 bridgehead atoms. The Morgan fingerprint density at radius 1 is 0.342 bits per heavy atom. The molecule has 0 amide bonds. The molecular weight excluding hydrogens is 480 g/mol. The molecule has 3 heterocycles. The zero-order valence-corrected chi connectivity index (χ0v) is 18.7. The van der Waals surface area contributed by atoms with Crippen molar-refractivity contribution < 1.29 is 0 Å². The molecule has 0 radical (unpaired) electrons. The van der Waals surface area contributed by atoms with Crippen molar-refractivity contribution in [3.05, 3.63) is 57.9 Å². The van der Waals surface area contributed by atoms with Gasteiger partial charge in [0, 0.05) is 0 Å². The summed E-state index contributed by atoms with van der Waals surface area (Å²) < 4.78 is 0. The first-order valence-electron chi connectivity index (χ1n) is 10.6. The first-order chi connectivity index (χ1) is 18.5. The zero-order valence-electron chi connectivity index (χ0n) is 18.7. The Kier molecular flexibility index (Phi) is 4.47. The topological polar surface area (TPSA) is 220 Å². The number of hydrogen-bond donors (Lipinski definition) is 0. The molecule has 6 aromatic rings. The van der Waals surface area contributed by atoms with E-state index in [4.69, 9.17) is 0 Å². The second kappa shape index (κ2) is 7.84. The highest BCUT2D eigenvalue weighted by atomic mass is 14.9. The van der Waals surface area contributed by atoms with Crippen LogP contribution in [0.5, 0.6) is 0 Å². The van der Waals surface area contributed by atoms with Gasteiger partial charge in [0.15, 0.2) is 11.4 Å². The molecule has 0 aliphatic rings. The summed E-state index contributed by atoms with van der Waals surface area (Å²) in [6.45, 7) is 0. The quantitative estimate of drug-likeness (QED) is 0.224. The summed E-state index contributed by atoms with van der Waals surface area (Å²) in [7, 11) is 0. The third kappa shape index (κ3) is 2.90. The molecule has 168 valence electrons. The third-order valence-corrected chi connectivity index (χ3v) is 5.87. The van der Waals surface area contributed by atoms with E-state index in [1.54, 1.807) is 0 Å². The Morgan fingerprint density at radius 2 is 0.579 bits per heavy atom. The van der Waals surface area contributed by atoms with E-state index in [0.717, 1.165) is 0 Å². The number of nitriles is 6. The van der Waals surface area contributed by atoms with E-state index < -0.39 is 0 Å².